The lowest BCUT2D eigenvalue weighted by Gasteiger charge is -2.40. The Kier molecular flexibility index (Phi) is 5.50. The molecule has 0 aromatic rings. The molecule has 2 heteroatoms. The second-order valence-electron chi connectivity index (χ2n) is 6.67. The average Bonchev–Trinajstić information content (AvgIpc) is 3.20. The molecule has 1 N–H and O–H groups in total. The van der Waals surface area contributed by atoms with Crippen molar-refractivity contribution in [2.75, 3.05) is 20.3 Å². The maximum Gasteiger partial charge on any atom is 0.0530 e. The molecule has 0 unspecified atom stereocenters. The number of hydrogen-bond donors (Lipinski definition) is 1. The smallest absolute Gasteiger partial charge is 0.0530 e. The van der Waals surface area contributed by atoms with Gasteiger partial charge in [0.15, 0.2) is 0 Å². The van der Waals surface area contributed by atoms with Crippen LogP contribution in [0.2, 0.25) is 0 Å². The number of methoxy groups -OCH3 is 1. The Balaban J connectivity index is 1.76. The number of hydrogen-bond acceptors (Lipinski definition) is 2. The lowest BCUT2D eigenvalue weighted by Crippen LogP contribution is -2.41. The molecule has 0 aliphatic heterocycles. The summed E-state index contributed by atoms with van der Waals surface area (Å²) in [5, 5.41) is 3.73. The van der Waals surface area contributed by atoms with Crippen LogP contribution >= 0.6 is 0 Å². The Morgan fingerprint density at radius 2 is 1.89 bits per heavy atom. The zero-order valence-electron chi connectivity index (χ0n) is 12.3. The van der Waals surface area contributed by atoms with E-state index in [-0.39, 0.29) is 0 Å². The third-order valence-electron chi connectivity index (χ3n) is 4.93. The topological polar surface area (TPSA) is 21.3 Å². The molecule has 0 amide bonds. The molecule has 2 saturated carbocycles. The van der Waals surface area contributed by atoms with E-state index in [0.29, 0.717) is 5.41 Å². The fraction of sp³-hybridized carbons (Fsp3) is 1.00. The van der Waals surface area contributed by atoms with E-state index in [1.54, 1.807) is 0 Å². The SMILES string of the molecule is CCCCC1CCC(CNC2CC2)(COC)CC1. The van der Waals surface area contributed by atoms with Gasteiger partial charge in [0.25, 0.3) is 0 Å². The number of ether oxygens (including phenoxy) is 1. The molecular weight excluding hydrogens is 222 g/mol. The number of rotatable bonds is 8. The molecule has 2 aliphatic rings. The van der Waals surface area contributed by atoms with Gasteiger partial charge in [-0.05, 0) is 44.4 Å². The molecule has 0 bridgehead atoms. The molecular formula is C16H31NO. The molecule has 0 atom stereocenters. The molecule has 0 saturated heterocycles. The van der Waals surface area contributed by atoms with Gasteiger partial charge in [0.1, 0.15) is 0 Å². The highest BCUT2D eigenvalue weighted by molar-refractivity contribution is 4.91. The number of unbranched alkanes of at least 4 members (excludes halogenated alkanes) is 1. The van der Waals surface area contributed by atoms with Gasteiger partial charge in [-0.2, -0.15) is 0 Å². The van der Waals surface area contributed by atoms with Gasteiger partial charge in [0.2, 0.25) is 0 Å². The predicted molar refractivity (Wildman–Crippen MR) is 76.8 cm³/mol. The first kappa shape index (κ1) is 14.3. The van der Waals surface area contributed by atoms with Crippen molar-refractivity contribution in [3.8, 4) is 0 Å². The van der Waals surface area contributed by atoms with Gasteiger partial charge in [-0.15, -0.1) is 0 Å². The van der Waals surface area contributed by atoms with E-state index >= 15 is 0 Å². The summed E-state index contributed by atoms with van der Waals surface area (Å²) >= 11 is 0. The van der Waals surface area contributed by atoms with Crippen LogP contribution in [-0.2, 0) is 4.74 Å². The van der Waals surface area contributed by atoms with Gasteiger partial charge < -0.3 is 10.1 Å². The first-order chi connectivity index (χ1) is 8.78. The summed E-state index contributed by atoms with van der Waals surface area (Å²) in [5.74, 6) is 0.996. The van der Waals surface area contributed by atoms with E-state index in [1.165, 1.54) is 64.3 Å². The van der Waals surface area contributed by atoms with Crippen LogP contribution in [0.25, 0.3) is 0 Å². The van der Waals surface area contributed by atoms with Crippen molar-refractivity contribution < 1.29 is 4.74 Å². The van der Waals surface area contributed by atoms with Crippen molar-refractivity contribution >= 4 is 0 Å². The normalized spacial score (nSPS) is 32.7. The summed E-state index contributed by atoms with van der Waals surface area (Å²) in [4.78, 5) is 0. The molecule has 2 fully saturated rings. The lowest BCUT2D eigenvalue weighted by molar-refractivity contribution is 0.0339. The fourth-order valence-corrected chi connectivity index (χ4v) is 3.40. The third kappa shape index (κ3) is 4.24. The molecule has 2 nitrogen and oxygen atoms in total. The quantitative estimate of drug-likeness (QED) is 0.711. The first-order valence-corrected chi connectivity index (χ1v) is 8.00. The number of nitrogens with one attached hydrogen (secondary N) is 1. The molecule has 18 heavy (non-hydrogen) atoms. The second-order valence-corrected chi connectivity index (χ2v) is 6.67. The molecule has 0 radical (unpaired) electrons. The van der Waals surface area contributed by atoms with Crippen molar-refractivity contribution in [1.29, 1.82) is 0 Å². The zero-order valence-corrected chi connectivity index (χ0v) is 12.3. The van der Waals surface area contributed by atoms with Crippen LogP contribution in [0.1, 0.15) is 64.7 Å². The van der Waals surface area contributed by atoms with E-state index in [1.807, 2.05) is 7.11 Å². The maximum absolute atomic E-state index is 5.51. The molecule has 2 rings (SSSR count). The second kappa shape index (κ2) is 6.91. The summed E-state index contributed by atoms with van der Waals surface area (Å²) in [6, 6.07) is 0.830. The Hall–Kier alpha value is -0.0800. The summed E-state index contributed by atoms with van der Waals surface area (Å²) in [7, 11) is 1.86. The van der Waals surface area contributed by atoms with Gasteiger partial charge >= 0.3 is 0 Å². The summed E-state index contributed by atoms with van der Waals surface area (Å²) in [6.45, 7) is 4.44. The molecule has 0 heterocycles. The molecule has 2 aliphatic carbocycles. The van der Waals surface area contributed by atoms with Crippen molar-refractivity contribution in [1.82, 2.24) is 5.32 Å². The van der Waals surface area contributed by atoms with Crippen molar-refractivity contribution in [3.05, 3.63) is 0 Å². The van der Waals surface area contributed by atoms with Crippen molar-refractivity contribution in [2.24, 2.45) is 11.3 Å². The van der Waals surface area contributed by atoms with Crippen LogP contribution in [-0.4, -0.2) is 26.3 Å². The van der Waals surface area contributed by atoms with Crippen LogP contribution in [0, 0.1) is 11.3 Å². The standard InChI is InChI=1S/C16H31NO/c1-3-4-5-14-8-10-16(11-9-14,13-18-2)12-17-15-6-7-15/h14-15,17H,3-13H2,1-2H3. The highest BCUT2D eigenvalue weighted by Gasteiger charge is 2.36. The van der Waals surface area contributed by atoms with E-state index in [9.17, 15) is 0 Å². The predicted octanol–water partition coefficient (Wildman–Crippen LogP) is 3.75. The largest absolute Gasteiger partial charge is 0.384 e. The van der Waals surface area contributed by atoms with Gasteiger partial charge in [-0.1, -0.05) is 26.2 Å². The molecule has 0 aromatic heterocycles. The summed E-state index contributed by atoms with van der Waals surface area (Å²) in [6.07, 6.45) is 12.6. The van der Waals surface area contributed by atoms with E-state index in [0.717, 1.165) is 18.6 Å². The van der Waals surface area contributed by atoms with Crippen LogP contribution in [0.15, 0.2) is 0 Å². The minimum Gasteiger partial charge on any atom is -0.384 e. The Morgan fingerprint density at radius 3 is 2.44 bits per heavy atom. The average molecular weight is 253 g/mol. The van der Waals surface area contributed by atoms with Crippen LogP contribution < -0.4 is 5.32 Å². The fourth-order valence-electron chi connectivity index (χ4n) is 3.40. The van der Waals surface area contributed by atoms with Gasteiger partial charge in [0.05, 0.1) is 6.61 Å². The highest BCUT2D eigenvalue weighted by atomic mass is 16.5. The van der Waals surface area contributed by atoms with Crippen molar-refractivity contribution in [2.45, 2.75) is 70.8 Å². The summed E-state index contributed by atoms with van der Waals surface area (Å²) < 4.78 is 5.51. The monoisotopic (exact) mass is 253 g/mol. The van der Waals surface area contributed by atoms with Crippen LogP contribution in [0.5, 0.6) is 0 Å². The molecule has 0 aromatic carbocycles. The minimum atomic E-state index is 0.444. The Morgan fingerprint density at radius 1 is 1.17 bits per heavy atom. The van der Waals surface area contributed by atoms with Crippen molar-refractivity contribution in [3.63, 3.8) is 0 Å². The zero-order chi connectivity index (χ0) is 12.8. The minimum absolute atomic E-state index is 0.444. The van der Waals surface area contributed by atoms with E-state index in [2.05, 4.69) is 12.2 Å². The molecule has 0 spiro atoms. The first-order valence-electron chi connectivity index (χ1n) is 8.00. The highest BCUT2D eigenvalue weighted by Crippen LogP contribution is 2.41. The Bertz CT molecular complexity index is 229. The van der Waals surface area contributed by atoms with E-state index in [4.69, 9.17) is 4.74 Å². The van der Waals surface area contributed by atoms with Gasteiger partial charge in [0, 0.05) is 25.1 Å². The molecule has 106 valence electrons. The van der Waals surface area contributed by atoms with Crippen LogP contribution in [0.4, 0.5) is 0 Å². The third-order valence-corrected chi connectivity index (χ3v) is 4.93. The van der Waals surface area contributed by atoms with Gasteiger partial charge in [-0.25, -0.2) is 0 Å². The lowest BCUT2D eigenvalue weighted by atomic mass is 9.69. The maximum atomic E-state index is 5.51. The van der Waals surface area contributed by atoms with Gasteiger partial charge in [-0.3, -0.25) is 0 Å². The van der Waals surface area contributed by atoms with Crippen LogP contribution in [0.3, 0.4) is 0 Å². The summed E-state index contributed by atoms with van der Waals surface area (Å²) in [5.41, 5.74) is 0.444. The Labute approximate surface area is 113 Å². The van der Waals surface area contributed by atoms with E-state index < -0.39 is 0 Å².